The van der Waals surface area contributed by atoms with E-state index in [1.807, 2.05) is 0 Å². The van der Waals surface area contributed by atoms with Gasteiger partial charge in [-0.05, 0) is 30.7 Å². The van der Waals surface area contributed by atoms with Crippen molar-refractivity contribution in [1.29, 1.82) is 0 Å². The van der Waals surface area contributed by atoms with Crippen LogP contribution in [0.4, 0.5) is 14.9 Å². The van der Waals surface area contributed by atoms with Gasteiger partial charge in [-0.15, -0.1) is 6.58 Å². The van der Waals surface area contributed by atoms with Crippen LogP contribution in [0.1, 0.15) is 6.42 Å². The van der Waals surface area contributed by atoms with Crippen LogP contribution in [-0.4, -0.2) is 71.8 Å². The predicted molar refractivity (Wildman–Crippen MR) is 94.6 cm³/mol. The van der Waals surface area contributed by atoms with Gasteiger partial charge >= 0.3 is 6.03 Å². The van der Waals surface area contributed by atoms with Crippen LogP contribution in [0, 0.1) is 5.82 Å². The SMILES string of the molecule is C=CCN1C(=O)C2C(NC3N(c4ccc(F)cc4)CCCN23)N(C)C1=O. The van der Waals surface area contributed by atoms with Crippen LogP contribution >= 0.6 is 0 Å². The van der Waals surface area contributed by atoms with Gasteiger partial charge in [-0.25, -0.2) is 9.18 Å². The number of carbonyl (C=O) groups excluding carboxylic acids is 2. The van der Waals surface area contributed by atoms with Crippen molar-refractivity contribution in [2.24, 2.45) is 0 Å². The minimum absolute atomic E-state index is 0.200. The average Bonchev–Trinajstić information content (AvgIpc) is 3.04. The number of imide groups is 1. The molecule has 0 saturated carbocycles. The van der Waals surface area contributed by atoms with Crippen molar-refractivity contribution >= 4 is 17.6 Å². The fourth-order valence-corrected chi connectivity index (χ4v) is 4.11. The van der Waals surface area contributed by atoms with Gasteiger partial charge in [0.2, 0.25) is 0 Å². The van der Waals surface area contributed by atoms with Gasteiger partial charge in [0.15, 0.2) is 0 Å². The molecule has 0 bridgehead atoms. The zero-order valence-corrected chi connectivity index (χ0v) is 14.6. The number of likely N-dealkylation sites (N-methyl/N-ethyl adjacent to an activating group) is 1. The zero-order chi connectivity index (χ0) is 18.4. The Labute approximate surface area is 151 Å². The maximum Gasteiger partial charge on any atom is 0.328 e. The molecular formula is C18H22FN5O2. The molecule has 0 radical (unpaired) electrons. The highest BCUT2D eigenvalue weighted by molar-refractivity contribution is 6.00. The van der Waals surface area contributed by atoms with Gasteiger partial charge in [0.25, 0.3) is 5.91 Å². The standard InChI is InChI=1S/C18H22FN5O2/c1-3-9-24-16(25)14-15(21(2)18(24)26)20-17-22(10-4-11-23(14)17)13-7-5-12(19)6-8-13/h3,5-8,14-15,17,20H,1,4,9-11H2,2H3. The Hall–Kier alpha value is -2.45. The minimum Gasteiger partial charge on any atom is -0.343 e. The Bertz CT molecular complexity index is 740. The maximum absolute atomic E-state index is 13.3. The Morgan fingerprint density at radius 3 is 2.69 bits per heavy atom. The fourth-order valence-electron chi connectivity index (χ4n) is 4.11. The first-order valence-corrected chi connectivity index (χ1v) is 8.76. The van der Waals surface area contributed by atoms with Crippen LogP contribution < -0.4 is 10.2 Å². The highest BCUT2D eigenvalue weighted by atomic mass is 19.1. The molecule has 1 N–H and O–H groups in total. The molecule has 3 unspecified atom stereocenters. The molecule has 3 saturated heterocycles. The first-order valence-electron chi connectivity index (χ1n) is 8.76. The van der Waals surface area contributed by atoms with E-state index in [0.29, 0.717) is 0 Å². The van der Waals surface area contributed by atoms with Crippen LogP contribution in [0.2, 0.25) is 0 Å². The van der Waals surface area contributed by atoms with Gasteiger partial charge < -0.3 is 9.80 Å². The molecular weight excluding hydrogens is 337 g/mol. The highest BCUT2D eigenvalue weighted by Crippen LogP contribution is 2.32. The number of halogens is 1. The van der Waals surface area contributed by atoms with Crippen molar-refractivity contribution in [3.8, 4) is 0 Å². The smallest absolute Gasteiger partial charge is 0.328 e. The second-order valence-electron chi connectivity index (χ2n) is 6.82. The summed E-state index contributed by atoms with van der Waals surface area (Å²) in [5.41, 5.74) is 0.886. The lowest BCUT2D eigenvalue weighted by Gasteiger charge is -2.43. The van der Waals surface area contributed by atoms with E-state index >= 15 is 0 Å². The van der Waals surface area contributed by atoms with Gasteiger partial charge in [-0.2, -0.15) is 0 Å². The van der Waals surface area contributed by atoms with E-state index in [2.05, 4.69) is 21.7 Å². The maximum atomic E-state index is 13.3. The quantitative estimate of drug-likeness (QED) is 0.816. The lowest BCUT2D eigenvalue weighted by Crippen LogP contribution is -2.66. The van der Waals surface area contributed by atoms with Crippen molar-refractivity contribution in [1.82, 2.24) is 20.0 Å². The number of anilines is 1. The summed E-state index contributed by atoms with van der Waals surface area (Å²) in [5.74, 6) is -0.481. The monoisotopic (exact) mass is 359 g/mol. The lowest BCUT2D eigenvalue weighted by atomic mass is 10.1. The number of rotatable bonds is 3. The third-order valence-corrected chi connectivity index (χ3v) is 5.34. The summed E-state index contributed by atoms with van der Waals surface area (Å²) >= 11 is 0. The van der Waals surface area contributed by atoms with Crippen molar-refractivity contribution in [3.63, 3.8) is 0 Å². The number of nitrogens with zero attached hydrogens (tertiary/aromatic N) is 4. The van der Waals surface area contributed by atoms with Crippen LogP contribution in [-0.2, 0) is 4.79 Å². The average molecular weight is 359 g/mol. The van der Waals surface area contributed by atoms with Gasteiger partial charge in [0.05, 0.1) is 0 Å². The molecule has 7 nitrogen and oxygen atoms in total. The van der Waals surface area contributed by atoms with Crippen LogP contribution in [0.3, 0.4) is 0 Å². The largest absolute Gasteiger partial charge is 0.343 e. The third-order valence-electron chi connectivity index (χ3n) is 5.34. The van der Waals surface area contributed by atoms with Crippen LogP contribution in [0.5, 0.6) is 0 Å². The van der Waals surface area contributed by atoms with Gasteiger partial charge in [0, 0.05) is 32.4 Å². The molecule has 4 rings (SSSR count). The lowest BCUT2D eigenvalue weighted by molar-refractivity contribution is -0.138. The number of hydrogen-bond acceptors (Lipinski definition) is 5. The second-order valence-corrected chi connectivity index (χ2v) is 6.82. The molecule has 3 heterocycles. The van der Waals surface area contributed by atoms with Crippen LogP contribution in [0.15, 0.2) is 36.9 Å². The number of carbonyl (C=O) groups is 2. The number of nitrogens with one attached hydrogen (secondary N) is 1. The minimum atomic E-state index is -0.439. The number of hydrogen-bond donors (Lipinski definition) is 1. The van der Waals surface area contributed by atoms with E-state index in [1.54, 1.807) is 30.2 Å². The molecule has 0 aromatic heterocycles. The van der Waals surface area contributed by atoms with E-state index in [1.165, 1.54) is 17.0 Å². The van der Waals surface area contributed by atoms with E-state index < -0.39 is 6.04 Å². The summed E-state index contributed by atoms with van der Waals surface area (Å²) < 4.78 is 13.3. The van der Waals surface area contributed by atoms with E-state index in [-0.39, 0.29) is 36.8 Å². The van der Waals surface area contributed by atoms with Crippen molar-refractivity contribution in [3.05, 3.63) is 42.7 Å². The number of urea groups is 1. The van der Waals surface area contributed by atoms with Crippen molar-refractivity contribution in [2.75, 3.05) is 31.6 Å². The predicted octanol–water partition coefficient (Wildman–Crippen LogP) is 0.999. The Morgan fingerprint density at radius 2 is 2.00 bits per heavy atom. The summed E-state index contributed by atoms with van der Waals surface area (Å²) in [5, 5.41) is 3.42. The van der Waals surface area contributed by atoms with Gasteiger partial charge in [0.1, 0.15) is 24.3 Å². The molecule has 1 aromatic rings. The molecule has 26 heavy (non-hydrogen) atoms. The Balaban J connectivity index is 1.65. The first-order chi connectivity index (χ1) is 12.5. The zero-order valence-electron chi connectivity index (χ0n) is 14.6. The van der Waals surface area contributed by atoms with Crippen LogP contribution in [0.25, 0.3) is 0 Å². The number of fused-ring (bicyclic) bond motifs is 3. The molecule has 138 valence electrons. The first kappa shape index (κ1) is 17.0. The molecule has 3 amide bonds. The normalized spacial score (nSPS) is 29.0. The second kappa shape index (κ2) is 6.37. The Morgan fingerprint density at radius 1 is 1.27 bits per heavy atom. The highest BCUT2D eigenvalue weighted by Gasteiger charge is 2.55. The summed E-state index contributed by atoms with van der Waals surface area (Å²) in [6.45, 7) is 5.39. The van der Waals surface area contributed by atoms with Gasteiger partial charge in [-0.3, -0.25) is 19.9 Å². The molecule has 3 fully saturated rings. The molecule has 3 atom stereocenters. The fraction of sp³-hybridized carbons (Fsp3) is 0.444. The van der Waals surface area contributed by atoms with Gasteiger partial charge in [-0.1, -0.05) is 6.08 Å². The molecule has 3 aliphatic heterocycles. The number of benzene rings is 1. The van der Waals surface area contributed by atoms with Crippen molar-refractivity contribution in [2.45, 2.75) is 24.9 Å². The topological polar surface area (TPSA) is 59.1 Å². The molecule has 1 aromatic carbocycles. The third kappa shape index (κ3) is 2.48. The molecule has 0 aliphatic carbocycles. The summed E-state index contributed by atoms with van der Waals surface area (Å²) in [4.78, 5) is 32.5. The molecule has 3 aliphatic rings. The van der Waals surface area contributed by atoms with E-state index in [4.69, 9.17) is 0 Å². The Kier molecular flexibility index (Phi) is 4.16. The van der Waals surface area contributed by atoms with E-state index in [0.717, 1.165) is 25.2 Å². The summed E-state index contributed by atoms with van der Waals surface area (Å²) in [6.07, 6.45) is 1.84. The molecule has 8 heteroatoms. The molecule has 0 spiro atoms. The van der Waals surface area contributed by atoms with E-state index in [9.17, 15) is 14.0 Å². The summed E-state index contributed by atoms with van der Waals surface area (Å²) in [7, 11) is 1.70. The summed E-state index contributed by atoms with van der Waals surface area (Å²) in [6, 6.07) is 5.58. The van der Waals surface area contributed by atoms with Crippen molar-refractivity contribution < 1.29 is 14.0 Å². The number of amides is 3.